The number of rotatable bonds is 6. The molecule has 0 atom stereocenters. The van der Waals surface area contributed by atoms with Crippen molar-refractivity contribution in [3.63, 3.8) is 0 Å². The highest BCUT2D eigenvalue weighted by Gasteiger charge is 2.37. The van der Waals surface area contributed by atoms with E-state index in [0.717, 1.165) is 0 Å². The molecule has 0 spiro atoms. The van der Waals surface area contributed by atoms with Crippen molar-refractivity contribution in [2.24, 2.45) is 0 Å². The Balaban J connectivity index is 4.72. The molecule has 0 rings (SSSR count). The molecule has 0 amide bonds. The van der Waals surface area contributed by atoms with E-state index in [2.05, 4.69) is 0 Å². The maximum atomic E-state index is 11.2. The van der Waals surface area contributed by atoms with Gasteiger partial charge < -0.3 is 14.2 Å². The van der Waals surface area contributed by atoms with E-state index in [0.29, 0.717) is 0 Å². The van der Waals surface area contributed by atoms with Gasteiger partial charge in [0, 0.05) is 19.3 Å². The van der Waals surface area contributed by atoms with Crippen LogP contribution in [0.5, 0.6) is 0 Å². The van der Waals surface area contributed by atoms with Gasteiger partial charge in [-0.1, -0.05) is 20.8 Å². The van der Waals surface area contributed by atoms with E-state index in [1.54, 1.807) is 20.8 Å². The number of carbonyl (C=O) groups excluding carboxylic acids is 3. The van der Waals surface area contributed by atoms with Gasteiger partial charge in [0.05, 0.1) is 6.92 Å². The van der Waals surface area contributed by atoms with Gasteiger partial charge in [-0.05, 0) is 0 Å². The molecule has 0 aliphatic heterocycles. The molecule has 17 heavy (non-hydrogen) atoms. The summed E-state index contributed by atoms with van der Waals surface area (Å²) in [5.41, 5.74) is 0. The van der Waals surface area contributed by atoms with Gasteiger partial charge in [-0.3, -0.25) is 14.4 Å². The van der Waals surface area contributed by atoms with Crippen LogP contribution >= 0.6 is 0 Å². The second kappa shape index (κ2) is 6.88. The number of ether oxygens (including phenoxy) is 3. The Bertz CT molecular complexity index is 251. The van der Waals surface area contributed by atoms with Crippen LogP contribution in [0.25, 0.3) is 0 Å². The Kier molecular flexibility index (Phi) is 6.23. The first-order chi connectivity index (χ1) is 7.86. The summed E-state index contributed by atoms with van der Waals surface area (Å²) in [5, 5.41) is 0. The standard InChI is InChI=1S/C11H18O6/c1-5-8(12)15-11(4,16-9(13)6-2)17-10(14)7-3/h5-7H2,1-4H3. The minimum Gasteiger partial charge on any atom is -0.388 e. The summed E-state index contributed by atoms with van der Waals surface area (Å²) in [7, 11) is 0. The van der Waals surface area contributed by atoms with E-state index >= 15 is 0 Å². The zero-order valence-electron chi connectivity index (χ0n) is 10.6. The number of hydrogen-bond acceptors (Lipinski definition) is 6. The molecule has 6 heteroatoms. The third-order valence-corrected chi connectivity index (χ3v) is 1.76. The second-order valence-electron chi connectivity index (χ2n) is 3.35. The van der Waals surface area contributed by atoms with E-state index in [1.807, 2.05) is 0 Å². The summed E-state index contributed by atoms with van der Waals surface area (Å²) < 4.78 is 14.4. The molecular formula is C11H18O6. The molecule has 0 aromatic rings. The monoisotopic (exact) mass is 246 g/mol. The van der Waals surface area contributed by atoms with Crippen molar-refractivity contribution in [1.82, 2.24) is 0 Å². The summed E-state index contributed by atoms with van der Waals surface area (Å²) in [5.74, 6) is -3.85. The zero-order chi connectivity index (χ0) is 13.5. The largest absolute Gasteiger partial charge is 0.420 e. The molecule has 0 aromatic carbocycles. The number of esters is 3. The Labute approximate surface area is 100 Å². The third-order valence-electron chi connectivity index (χ3n) is 1.76. The lowest BCUT2D eigenvalue weighted by molar-refractivity contribution is -0.320. The van der Waals surface area contributed by atoms with Crippen LogP contribution in [0.1, 0.15) is 47.0 Å². The maximum Gasteiger partial charge on any atom is 0.420 e. The lowest BCUT2D eigenvalue weighted by atomic mass is 10.4. The average molecular weight is 246 g/mol. The van der Waals surface area contributed by atoms with E-state index in [9.17, 15) is 14.4 Å². The molecule has 0 unspecified atom stereocenters. The molecule has 6 nitrogen and oxygen atoms in total. The molecule has 0 aromatic heterocycles. The van der Waals surface area contributed by atoms with Crippen LogP contribution in [0.4, 0.5) is 0 Å². The van der Waals surface area contributed by atoms with Gasteiger partial charge in [0.25, 0.3) is 0 Å². The Hall–Kier alpha value is -1.59. The molecule has 0 heterocycles. The van der Waals surface area contributed by atoms with Gasteiger partial charge in [-0.25, -0.2) is 0 Å². The topological polar surface area (TPSA) is 78.9 Å². The third kappa shape index (κ3) is 5.89. The zero-order valence-corrected chi connectivity index (χ0v) is 10.6. The van der Waals surface area contributed by atoms with Gasteiger partial charge in [-0.15, -0.1) is 0 Å². The van der Waals surface area contributed by atoms with E-state index in [1.165, 1.54) is 6.92 Å². The Morgan fingerprint density at radius 2 is 1.00 bits per heavy atom. The molecule has 0 bridgehead atoms. The van der Waals surface area contributed by atoms with Crippen LogP contribution in [-0.4, -0.2) is 23.9 Å². The molecule has 0 N–H and O–H groups in total. The highest BCUT2D eigenvalue weighted by molar-refractivity contribution is 5.73. The van der Waals surface area contributed by atoms with Crippen molar-refractivity contribution < 1.29 is 28.6 Å². The molecule has 0 aliphatic carbocycles. The van der Waals surface area contributed by atoms with Gasteiger partial charge in [-0.2, -0.15) is 0 Å². The molecule has 0 radical (unpaired) electrons. The lowest BCUT2D eigenvalue weighted by Gasteiger charge is -2.27. The van der Waals surface area contributed by atoms with Crippen LogP contribution in [0, 0.1) is 0 Å². The van der Waals surface area contributed by atoms with Crippen molar-refractivity contribution in [3.8, 4) is 0 Å². The van der Waals surface area contributed by atoms with E-state index in [4.69, 9.17) is 14.2 Å². The van der Waals surface area contributed by atoms with Gasteiger partial charge in [0.2, 0.25) is 0 Å². The summed E-state index contributed by atoms with van der Waals surface area (Å²) in [6.07, 6.45) is 0.259. The van der Waals surface area contributed by atoms with Crippen LogP contribution in [0.3, 0.4) is 0 Å². The molecule has 0 aliphatic rings. The second-order valence-corrected chi connectivity index (χ2v) is 3.35. The molecule has 0 saturated heterocycles. The first-order valence-electron chi connectivity index (χ1n) is 5.52. The SMILES string of the molecule is CCC(=O)OC(C)(OC(=O)CC)OC(=O)CC. The van der Waals surface area contributed by atoms with Gasteiger partial charge >= 0.3 is 23.9 Å². The quantitative estimate of drug-likeness (QED) is 0.522. The highest BCUT2D eigenvalue weighted by Crippen LogP contribution is 2.17. The fourth-order valence-electron chi connectivity index (χ4n) is 0.899. The van der Waals surface area contributed by atoms with Crippen LogP contribution < -0.4 is 0 Å². The van der Waals surface area contributed by atoms with E-state index < -0.39 is 23.9 Å². The van der Waals surface area contributed by atoms with Crippen molar-refractivity contribution in [1.29, 1.82) is 0 Å². The van der Waals surface area contributed by atoms with Crippen molar-refractivity contribution >= 4 is 17.9 Å². The first-order valence-corrected chi connectivity index (χ1v) is 5.52. The minimum absolute atomic E-state index is 0.0863. The summed E-state index contributed by atoms with van der Waals surface area (Å²) in [6.45, 7) is 5.94. The normalized spacial score (nSPS) is 10.6. The lowest BCUT2D eigenvalue weighted by Crippen LogP contribution is -2.41. The van der Waals surface area contributed by atoms with E-state index in [-0.39, 0.29) is 19.3 Å². The summed E-state index contributed by atoms with van der Waals surface area (Å²) in [4.78, 5) is 33.5. The fourth-order valence-corrected chi connectivity index (χ4v) is 0.899. The molecule has 98 valence electrons. The molecule has 0 fully saturated rings. The molecule has 0 saturated carbocycles. The summed E-state index contributed by atoms with van der Waals surface area (Å²) in [6, 6.07) is 0. The summed E-state index contributed by atoms with van der Waals surface area (Å²) >= 11 is 0. The maximum absolute atomic E-state index is 11.2. The highest BCUT2D eigenvalue weighted by atomic mass is 16.9. The Morgan fingerprint density at radius 1 is 0.765 bits per heavy atom. The average Bonchev–Trinajstić information content (AvgIpc) is 2.27. The smallest absolute Gasteiger partial charge is 0.388 e. The van der Waals surface area contributed by atoms with Crippen molar-refractivity contribution in [2.75, 3.05) is 0 Å². The Morgan fingerprint density at radius 3 is 1.18 bits per heavy atom. The number of carbonyl (C=O) groups is 3. The van der Waals surface area contributed by atoms with Crippen molar-refractivity contribution in [3.05, 3.63) is 0 Å². The number of hydrogen-bond donors (Lipinski definition) is 0. The minimum atomic E-state index is -1.98. The van der Waals surface area contributed by atoms with Gasteiger partial charge in [0.15, 0.2) is 0 Å². The van der Waals surface area contributed by atoms with Crippen molar-refractivity contribution in [2.45, 2.75) is 52.9 Å². The fraction of sp³-hybridized carbons (Fsp3) is 0.727. The molecular weight excluding hydrogens is 228 g/mol. The van der Waals surface area contributed by atoms with Crippen LogP contribution in [-0.2, 0) is 28.6 Å². The van der Waals surface area contributed by atoms with Crippen LogP contribution in [0.15, 0.2) is 0 Å². The first kappa shape index (κ1) is 15.4. The predicted octanol–water partition coefficient (Wildman–Crippen LogP) is 1.52. The predicted molar refractivity (Wildman–Crippen MR) is 57.6 cm³/mol. The van der Waals surface area contributed by atoms with Crippen LogP contribution in [0.2, 0.25) is 0 Å². The van der Waals surface area contributed by atoms with Gasteiger partial charge in [0.1, 0.15) is 0 Å².